The smallest absolute Gasteiger partial charge is 0.178 e. The van der Waals surface area contributed by atoms with Crippen molar-refractivity contribution in [1.82, 2.24) is 19.9 Å². The van der Waals surface area contributed by atoms with Crippen LogP contribution < -0.4 is 0 Å². The van der Waals surface area contributed by atoms with Crippen LogP contribution in [-0.2, 0) is 0 Å². The number of fused-ring (bicyclic) bond motifs is 2. The second kappa shape index (κ2) is 3.93. The zero-order chi connectivity index (χ0) is 12.8. The van der Waals surface area contributed by atoms with E-state index in [1.165, 1.54) is 5.39 Å². The number of nitrogens with zero attached hydrogens (tertiary/aromatic N) is 2. The Bertz CT molecular complexity index is 858. The third-order valence-electron chi connectivity index (χ3n) is 3.09. The van der Waals surface area contributed by atoms with E-state index in [1.807, 2.05) is 18.2 Å². The lowest BCUT2D eigenvalue weighted by Crippen LogP contribution is -1.78. The summed E-state index contributed by atoms with van der Waals surface area (Å²) in [6.45, 7) is 0. The van der Waals surface area contributed by atoms with Gasteiger partial charge in [-0.1, -0.05) is 18.2 Å². The maximum Gasteiger partial charge on any atom is 0.178 e. The molecule has 4 aromatic rings. The fourth-order valence-electron chi connectivity index (χ4n) is 2.20. The first kappa shape index (κ1) is 10.8. The number of hydrogen-bond donors (Lipinski definition) is 2. The zero-order valence-electron chi connectivity index (χ0n) is 9.81. The lowest BCUT2D eigenvalue weighted by Gasteiger charge is -1.88. The van der Waals surface area contributed by atoms with Crippen LogP contribution in [0.25, 0.3) is 33.6 Å². The minimum absolute atomic E-state index is 0.719. The molecule has 5 heteroatoms. The second-order valence-electron chi connectivity index (χ2n) is 4.38. The number of benzene rings is 1. The first-order valence-electron chi connectivity index (χ1n) is 5.89. The van der Waals surface area contributed by atoms with E-state index in [0.717, 1.165) is 32.7 Å². The summed E-state index contributed by atoms with van der Waals surface area (Å²) in [6, 6.07) is 12.2. The van der Waals surface area contributed by atoms with Crippen molar-refractivity contribution in [2.75, 3.05) is 0 Å². The van der Waals surface area contributed by atoms with Crippen LogP contribution in [0.1, 0.15) is 0 Å². The topological polar surface area (TPSA) is 57.4 Å². The predicted molar refractivity (Wildman–Crippen MR) is 78.9 cm³/mol. The number of hydrogen-bond acceptors (Lipinski definition) is 2. The van der Waals surface area contributed by atoms with E-state index in [9.17, 15) is 0 Å². The molecule has 0 fully saturated rings. The Balaban J connectivity index is 1.93. The minimum Gasteiger partial charge on any atom is -0.352 e. The van der Waals surface area contributed by atoms with Gasteiger partial charge in [-0.2, -0.15) is 0 Å². The van der Waals surface area contributed by atoms with Crippen molar-refractivity contribution in [3.05, 3.63) is 47.1 Å². The lowest BCUT2D eigenvalue weighted by atomic mass is 10.2. The molecule has 0 aliphatic carbocycles. The van der Waals surface area contributed by atoms with Crippen LogP contribution in [0.15, 0.2) is 47.1 Å². The highest BCUT2D eigenvalue weighted by atomic mass is 79.9. The van der Waals surface area contributed by atoms with Crippen LogP contribution >= 0.6 is 15.9 Å². The normalized spacial score (nSPS) is 11.4. The monoisotopic (exact) mass is 312 g/mol. The summed E-state index contributed by atoms with van der Waals surface area (Å²) >= 11 is 3.41. The van der Waals surface area contributed by atoms with Gasteiger partial charge in [0.15, 0.2) is 11.5 Å². The molecule has 0 unspecified atom stereocenters. The molecule has 0 atom stereocenters. The van der Waals surface area contributed by atoms with Crippen LogP contribution in [0.3, 0.4) is 0 Å². The molecule has 4 rings (SSSR count). The molecule has 1 aromatic carbocycles. The lowest BCUT2D eigenvalue weighted by molar-refractivity contribution is 1.27. The van der Waals surface area contributed by atoms with Crippen molar-refractivity contribution in [3.8, 4) is 11.5 Å². The molecule has 0 bridgehead atoms. The molecule has 3 heterocycles. The molecule has 92 valence electrons. The summed E-state index contributed by atoms with van der Waals surface area (Å²) in [7, 11) is 0. The van der Waals surface area contributed by atoms with Crippen molar-refractivity contribution in [2.24, 2.45) is 0 Å². The number of rotatable bonds is 1. The van der Waals surface area contributed by atoms with Gasteiger partial charge >= 0.3 is 0 Å². The molecule has 2 N–H and O–H groups in total. The van der Waals surface area contributed by atoms with Crippen LogP contribution in [-0.4, -0.2) is 19.9 Å². The van der Waals surface area contributed by atoms with Crippen molar-refractivity contribution < 1.29 is 0 Å². The van der Waals surface area contributed by atoms with E-state index in [1.54, 1.807) is 6.20 Å². The van der Waals surface area contributed by atoms with Gasteiger partial charge in [0.1, 0.15) is 0 Å². The standard InChI is InChI=1S/C14H9BrN4/c15-9-6-12-13(16-7-9)19-14(18-12)11-5-8-3-1-2-4-10(8)17-11/h1-7,17H,(H,16,18,19). The largest absolute Gasteiger partial charge is 0.352 e. The van der Waals surface area contributed by atoms with Crippen LogP contribution in [0, 0.1) is 0 Å². The number of imidazole rings is 1. The Kier molecular flexibility index (Phi) is 2.22. The number of aromatic nitrogens is 4. The van der Waals surface area contributed by atoms with Crippen molar-refractivity contribution >= 4 is 38.0 Å². The van der Waals surface area contributed by atoms with Gasteiger partial charge in [0, 0.05) is 21.6 Å². The molecule has 0 spiro atoms. The molecule has 0 radical (unpaired) electrons. The number of nitrogens with one attached hydrogen (secondary N) is 2. The molecule has 4 nitrogen and oxygen atoms in total. The minimum atomic E-state index is 0.719. The summed E-state index contributed by atoms with van der Waals surface area (Å²) in [6.07, 6.45) is 1.75. The summed E-state index contributed by atoms with van der Waals surface area (Å²) in [5, 5.41) is 1.17. The Hall–Kier alpha value is -2.14. The maximum absolute atomic E-state index is 4.50. The maximum atomic E-state index is 4.50. The summed E-state index contributed by atoms with van der Waals surface area (Å²) in [4.78, 5) is 15.4. The van der Waals surface area contributed by atoms with Gasteiger partial charge in [0.25, 0.3) is 0 Å². The Morgan fingerprint density at radius 3 is 2.79 bits per heavy atom. The summed E-state index contributed by atoms with van der Waals surface area (Å²) in [5.41, 5.74) is 3.71. The average molecular weight is 313 g/mol. The SMILES string of the molecule is Brc1cnc2nc(-c3cc4ccccc4[nH]3)[nH]c2c1. The number of H-pyrrole nitrogens is 2. The number of para-hydroxylation sites is 1. The Morgan fingerprint density at radius 2 is 1.89 bits per heavy atom. The van der Waals surface area contributed by atoms with Gasteiger partial charge < -0.3 is 9.97 Å². The summed E-state index contributed by atoms with van der Waals surface area (Å²) in [5.74, 6) is 0.803. The average Bonchev–Trinajstić information content (AvgIpc) is 3.00. The van der Waals surface area contributed by atoms with E-state index >= 15 is 0 Å². The van der Waals surface area contributed by atoms with Crippen LogP contribution in [0.2, 0.25) is 0 Å². The van der Waals surface area contributed by atoms with E-state index < -0.39 is 0 Å². The molecular weight excluding hydrogens is 304 g/mol. The molecule has 0 aliphatic heterocycles. The molecular formula is C14H9BrN4. The third kappa shape index (κ3) is 1.74. The summed E-state index contributed by atoms with van der Waals surface area (Å²) < 4.78 is 0.937. The van der Waals surface area contributed by atoms with E-state index in [4.69, 9.17) is 0 Å². The quantitative estimate of drug-likeness (QED) is 0.560. The van der Waals surface area contributed by atoms with E-state index in [0.29, 0.717) is 0 Å². The van der Waals surface area contributed by atoms with Crippen LogP contribution in [0.4, 0.5) is 0 Å². The molecule has 0 saturated heterocycles. The first-order valence-corrected chi connectivity index (χ1v) is 6.68. The molecule has 0 saturated carbocycles. The second-order valence-corrected chi connectivity index (χ2v) is 5.30. The van der Waals surface area contributed by atoms with Gasteiger partial charge in [-0.25, -0.2) is 9.97 Å². The molecule has 0 aliphatic rings. The highest BCUT2D eigenvalue weighted by Crippen LogP contribution is 2.24. The fraction of sp³-hybridized carbons (Fsp3) is 0. The van der Waals surface area contributed by atoms with Gasteiger partial charge in [-0.05, 0) is 34.1 Å². The van der Waals surface area contributed by atoms with Gasteiger partial charge in [-0.3, -0.25) is 0 Å². The van der Waals surface area contributed by atoms with Gasteiger partial charge in [0.05, 0.1) is 11.2 Å². The predicted octanol–water partition coefficient (Wildman–Crippen LogP) is 3.87. The van der Waals surface area contributed by atoms with E-state index in [-0.39, 0.29) is 0 Å². The van der Waals surface area contributed by atoms with Gasteiger partial charge in [0.2, 0.25) is 0 Å². The Labute approximate surface area is 117 Å². The number of aromatic amines is 2. The third-order valence-corrected chi connectivity index (χ3v) is 3.52. The van der Waals surface area contributed by atoms with Crippen molar-refractivity contribution in [3.63, 3.8) is 0 Å². The fourth-order valence-corrected chi connectivity index (χ4v) is 2.53. The molecule has 19 heavy (non-hydrogen) atoms. The Morgan fingerprint density at radius 1 is 1.00 bits per heavy atom. The zero-order valence-corrected chi connectivity index (χ0v) is 11.4. The van der Waals surface area contributed by atoms with Crippen molar-refractivity contribution in [2.45, 2.75) is 0 Å². The van der Waals surface area contributed by atoms with Gasteiger partial charge in [-0.15, -0.1) is 0 Å². The highest BCUT2D eigenvalue weighted by molar-refractivity contribution is 9.10. The molecule has 0 amide bonds. The molecule has 3 aromatic heterocycles. The van der Waals surface area contributed by atoms with Crippen molar-refractivity contribution in [1.29, 1.82) is 0 Å². The number of pyridine rings is 1. The highest BCUT2D eigenvalue weighted by Gasteiger charge is 2.09. The first-order chi connectivity index (χ1) is 9.29. The number of halogens is 1. The van der Waals surface area contributed by atoms with E-state index in [2.05, 4.69) is 54.1 Å². The van der Waals surface area contributed by atoms with Crippen LogP contribution in [0.5, 0.6) is 0 Å².